The molecule has 0 saturated heterocycles. The van der Waals surface area contributed by atoms with Crippen molar-refractivity contribution in [3.05, 3.63) is 12.2 Å². The second kappa shape index (κ2) is 5.48. The standard InChI is InChI=1S/C13H23NO2/c1-13(2,3)9-8-12(16)14-10-6-4-5-7-11(10)15/h8-11,15H,4-7H2,1-3H3,(H,14,16)/b9-8+. The molecule has 0 aliphatic heterocycles. The van der Waals surface area contributed by atoms with Gasteiger partial charge in [-0.2, -0.15) is 0 Å². The summed E-state index contributed by atoms with van der Waals surface area (Å²) in [5.74, 6) is -0.0964. The van der Waals surface area contributed by atoms with E-state index in [4.69, 9.17) is 0 Å². The maximum atomic E-state index is 11.6. The first-order valence-electron chi connectivity index (χ1n) is 6.06. The molecule has 2 unspecified atom stereocenters. The highest BCUT2D eigenvalue weighted by molar-refractivity contribution is 5.87. The van der Waals surface area contributed by atoms with Crippen molar-refractivity contribution in [1.82, 2.24) is 5.32 Å². The first-order chi connectivity index (χ1) is 7.38. The van der Waals surface area contributed by atoms with Crippen molar-refractivity contribution in [3.8, 4) is 0 Å². The summed E-state index contributed by atoms with van der Waals surface area (Å²) in [6, 6.07) is -0.0640. The van der Waals surface area contributed by atoms with Crippen LogP contribution in [0.15, 0.2) is 12.2 Å². The highest BCUT2D eigenvalue weighted by Gasteiger charge is 2.23. The second-order valence-electron chi connectivity index (χ2n) is 5.67. The van der Waals surface area contributed by atoms with Gasteiger partial charge in [-0.25, -0.2) is 0 Å². The lowest BCUT2D eigenvalue weighted by molar-refractivity contribution is -0.118. The Morgan fingerprint density at radius 3 is 2.50 bits per heavy atom. The van der Waals surface area contributed by atoms with E-state index in [1.165, 1.54) is 0 Å². The van der Waals surface area contributed by atoms with Gasteiger partial charge in [-0.15, -0.1) is 0 Å². The summed E-state index contributed by atoms with van der Waals surface area (Å²) in [7, 11) is 0. The van der Waals surface area contributed by atoms with E-state index in [1.54, 1.807) is 6.08 Å². The molecule has 16 heavy (non-hydrogen) atoms. The van der Waals surface area contributed by atoms with Gasteiger partial charge in [-0.05, 0) is 24.3 Å². The number of carbonyl (C=O) groups excluding carboxylic acids is 1. The van der Waals surface area contributed by atoms with E-state index in [0.717, 1.165) is 25.7 Å². The first kappa shape index (κ1) is 13.2. The molecule has 92 valence electrons. The van der Waals surface area contributed by atoms with E-state index in [2.05, 4.69) is 5.32 Å². The number of nitrogens with one attached hydrogen (secondary N) is 1. The third-order valence-corrected chi connectivity index (χ3v) is 2.79. The molecule has 0 heterocycles. The van der Waals surface area contributed by atoms with Crippen molar-refractivity contribution < 1.29 is 9.90 Å². The number of rotatable bonds is 2. The van der Waals surface area contributed by atoms with Crippen molar-refractivity contribution in [1.29, 1.82) is 0 Å². The molecular formula is C13H23NO2. The van der Waals surface area contributed by atoms with Crippen LogP contribution in [0.4, 0.5) is 0 Å². The molecule has 0 aromatic carbocycles. The monoisotopic (exact) mass is 225 g/mol. The molecule has 0 aromatic heterocycles. The third-order valence-electron chi connectivity index (χ3n) is 2.79. The van der Waals surface area contributed by atoms with Crippen LogP contribution in [0, 0.1) is 5.41 Å². The fraction of sp³-hybridized carbons (Fsp3) is 0.769. The van der Waals surface area contributed by atoms with Crippen LogP contribution in [-0.2, 0) is 4.79 Å². The number of aliphatic hydroxyl groups is 1. The lowest BCUT2D eigenvalue weighted by Crippen LogP contribution is -2.44. The fourth-order valence-corrected chi connectivity index (χ4v) is 1.84. The maximum absolute atomic E-state index is 11.6. The molecule has 1 amide bonds. The van der Waals surface area contributed by atoms with Gasteiger partial charge in [0.2, 0.25) is 5.91 Å². The Kier molecular flexibility index (Phi) is 4.54. The average Bonchev–Trinajstić information content (AvgIpc) is 2.18. The molecule has 2 N–H and O–H groups in total. The molecule has 1 saturated carbocycles. The zero-order valence-electron chi connectivity index (χ0n) is 10.5. The van der Waals surface area contributed by atoms with Crippen LogP contribution in [0.25, 0.3) is 0 Å². The Balaban J connectivity index is 2.41. The number of amides is 1. The highest BCUT2D eigenvalue weighted by Crippen LogP contribution is 2.18. The summed E-state index contributed by atoms with van der Waals surface area (Å²) < 4.78 is 0. The molecule has 0 radical (unpaired) electrons. The summed E-state index contributed by atoms with van der Waals surface area (Å²) in [4.78, 5) is 11.6. The van der Waals surface area contributed by atoms with E-state index in [9.17, 15) is 9.90 Å². The van der Waals surface area contributed by atoms with Crippen LogP contribution >= 0.6 is 0 Å². The topological polar surface area (TPSA) is 49.3 Å². The Hall–Kier alpha value is -0.830. The molecule has 3 heteroatoms. The van der Waals surface area contributed by atoms with Gasteiger partial charge in [0.25, 0.3) is 0 Å². The molecule has 1 rings (SSSR count). The number of hydrogen-bond acceptors (Lipinski definition) is 2. The summed E-state index contributed by atoms with van der Waals surface area (Å²) >= 11 is 0. The lowest BCUT2D eigenvalue weighted by Gasteiger charge is -2.27. The smallest absolute Gasteiger partial charge is 0.243 e. The van der Waals surface area contributed by atoms with E-state index >= 15 is 0 Å². The SMILES string of the molecule is CC(C)(C)/C=C/C(=O)NC1CCCCC1O. The van der Waals surface area contributed by atoms with Crippen molar-refractivity contribution in [2.75, 3.05) is 0 Å². The molecule has 1 fully saturated rings. The predicted molar refractivity (Wildman–Crippen MR) is 65.0 cm³/mol. The van der Waals surface area contributed by atoms with E-state index in [0.29, 0.717) is 0 Å². The van der Waals surface area contributed by atoms with E-state index in [1.807, 2.05) is 26.8 Å². The summed E-state index contributed by atoms with van der Waals surface area (Å²) in [6.07, 6.45) is 6.92. The normalized spacial score (nSPS) is 27.0. The van der Waals surface area contributed by atoms with Crippen molar-refractivity contribution in [3.63, 3.8) is 0 Å². The van der Waals surface area contributed by atoms with Crippen molar-refractivity contribution in [2.24, 2.45) is 5.41 Å². The van der Waals surface area contributed by atoms with Gasteiger partial charge < -0.3 is 10.4 Å². The number of hydrogen-bond donors (Lipinski definition) is 2. The molecule has 0 bridgehead atoms. The Morgan fingerprint density at radius 2 is 1.94 bits per heavy atom. The summed E-state index contributed by atoms with van der Waals surface area (Å²) in [6.45, 7) is 6.14. The maximum Gasteiger partial charge on any atom is 0.243 e. The number of aliphatic hydroxyl groups excluding tert-OH is 1. The van der Waals surface area contributed by atoms with Crippen LogP contribution in [0.5, 0.6) is 0 Å². The zero-order chi connectivity index (χ0) is 12.2. The fourth-order valence-electron chi connectivity index (χ4n) is 1.84. The molecule has 0 spiro atoms. The molecule has 1 aliphatic rings. The Labute approximate surface area is 97.9 Å². The van der Waals surface area contributed by atoms with Gasteiger partial charge in [0, 0.05) is 0 Å². The van der Waals surface area contributed by atoms with Gasteiger partial charge in [0.15, 0.2) is 0 Å². The lowest BCUT2D eigenvalue weighted by atomic mass is 9.92. The van der Waals surface area contributed by atoms with Crippen LogP contribution in [0.3, 0.4) is 0 Å². The van der Waals surface area contributed by atoms with Gasteiger partial charge >= 0.3 is 0 Å². The average molecular weight is 225 g/mol. The van der Waals surface area contributed by atoms with E-state index in [-0.39, 0.29) is 23.5 Å². The van der Waals surface area contributed by atoms with Gasteiger partial charge in [0.05, 0.1) is 12.1 Å². The van der Waals surface area contributed by atoms with Crippen molar-refractivity contribution >= 4 is 5.91 Å². The zero-order valence-corrected chi connectivity index (χ0v) is 10.5. The third kappa shape index (κ3) is 4.79. The van der Waals surface area contributed by atoms with Crippen LogP contribution in [0.2, 0.25) is 0 Å². The van der Waals surface area contributed by atoms with Crippen LogP contribution in [0.1, 0.15) is 46.5 Å². The van der Waals surface area contributed by atoms with Crippen molar-refractivity contribution in [2.45, 2.75) is 58.6 Å². The quantitative estimate of drug-likeness (QED) is 0.706. The minimum Gasteiger partial charge on any atom is -0.391 e. The second-order valence-corrected chi connectivity index (χ2v) is 5.67. The molecule has 1 aliphatic carbocycles. The van der Waals surface area contributed by atoms with Gasteiger partial charge in [0.1, 0.15) is 0 Å². The van der Waals surface area contributed by atoms with Gasteiger partial charge in [-0.3, -0.25) is 4.79 Å². The predicted octanol–water partition coefficient (Wildman–Crippen LogP) is 2.01. The Morgan fingerprint density at radius 1 is 1.31 bits per heavy atom. The molecule has 3 nitrogen and oxygen atoms in total. The number of carbonyl (C=O) groups is 1. The molecule has 2 atom stereocenters. The van der Waals surface area contributed by atoms with Crippen LogP contribution in [-0.4, -0.2) is 23.2 Å². The first-order valence-corrected chi connectivity index (χ1v) is 6.06. The summed E-state index contributed by atoms with van der Waals surface area (Å²) in [5.41, 5.74) is 0.0164. The van der Waals surface area contributed by atoms with Gasteiger partial charge in [-0.1, -0.05) is 39.7 Å². The van der Waals surface area contributed by atoms with E-state index < -0.39 is 0 Å². The minimum atomic E-state index is -0.374. The molecular weight excluding hydrogens is 202 g/mol. The molecule has 0 aromatic rings. The largest absolute Gasteiger partial charge is 0.391 e. The van der Waals surface area contributed by atoms with Crippen LogP contribution < -0.4 is 5.32 Å². The number of allylic oxidation sites excluding steroid dienone is 1. The highest BCUT2D eigenvalue weighted by atomic mass is 16.3. The Bertz CT molecular complexity index is 266. The summed E-state index contributed by atoms with van der Waals surface area (Å²) in [5, 5.41) is 12.6. The minimum absolute atomic E-state index is 0.0164.